The molecule has 0 spiro atoms. The van der Waals surface area contributed by atoms with Crippen LogP contribution in [0.1, 0.15) is 31.7 Å². The summed E-state index contributed by atoms with van der Waals surface area (Å²) in [6, 6.07) is 8.15. The average molecular weight is 298 g/mol. The van der Waals surface area contributed by atoms with E-state index in [4.69, 9.17) is 16.3 Å². The number of carbonyl (C=O) groups excluding carboxylic acids is 1. The SMILES string of the molecule is CCc1ccc(OCCCN(C)C(=O)CCCCl)cc1. The van der Waals surface area contributed by atoms with Gasteiger partial charge in [-0.05, 0) is 37.0 Å². The molecule has 0 atom stereocenters. The minimum Gasteiger partial charge on any atom is -0.494 e. The van der Waals surface area contributed by atoms with Gasteiger partial charge in [0, 0.05) is 25.9 Å². The molecule has 0 saturated carbocycles. The minimum atomic E-state index is 0.151. The van der Waals surface area contributed by atoms with Crippen molar-refractivity contribution in [2.24, 2.45) is 0 Å². The first kappa shape index (κ1) is 16.8. The largest absolute Gasteiger partial charge is 0.494 e. The van der Waals surface area contributed by atoms with Crippen molar-refractivity contribution in [3.63, 3.8) is 0 Å². The number of rotatable bonds is 9. The number of ether oxygens (including phenoxy) is 1. The van der Waals surface area contributed by atoms with Gasteiger partial charge >= 0.3 is 0 Å². The monoisotopic (exact) mass is 297 g/mol. The molecule has 1 rings (SSSR count). The smallest absolute Gasteiger partial charge is 0.222 e. The normalized spacial score (nSPS) is 10.3. The van der Waals surface area contributed by atoms with Gasteiger partial charge < -0.3 is 9.64 Å². The van der Waals surface area contributed by atoms with Crippen molar-refractivity contribution >= 4 is 17.5 Å². The number of aryl methyl sites for hydroxylation is 1. The number of nitrogens with zero attached hydrogens (tertiary/aromatic N) is 1. The minimum absolute atomic E-state index is 0.151. The summed E-state index contributed by atoms with van der Waals surface area (Å²) < 4.78 is 5.66. The van der Waals surface area contributed by atoms with E-state index in [0.29, 0.717) is 25.5 Å². The molecule has 0 heterocycles. The molecule has 0 saturated heterocycles. The maximum Gasteiger partial charge on any atom is 0.222 e. The summed E-state index contributed by atoms with van der Waals surface area (Å²) >= 11 is 5.58. The molecule has 0 radical (unpaired) electrons. The molecule has 1 aromatic rings. The van der Waals surface area contributed by atoms with E-state index in [0.717, 1.165) is 25.0 Å². The molecule has 0 aliphatic carbocycles. The van der Waals surface area contributed by atoms with E-state index < -0.39 is 0 Å². The van der Waals surface area contributed by atoms with Gasteiger partial charge in [0.15, 0.2) is 0 Å². The topological polar surface area (TPSA) is 29.5 Å². The Bertz CT molecular complexity index is 392. The molecular weight excluding hydrogens is 274 g/mol. The van der Waals surface area contributed by atoms with E-state index in [1.807, 2.05) is 19.2 Å². The summed E-state index contributed by atoms with van der Waals surface area (Å²) in [5, 5.41) is 0. The Hall–Kier alpha value is -1.22. The van der Waals surface area contributed by atoms with Crippen LogP contribution >= 0.6 is 11.6 Å². The molecule has 3 nitrogen and oxygen atoms in total. The second kappa shape index (κ2) is 9.65. The maximum atomic E-state index is 11.7. The van der Waals surface area contributed by atoms with Crippen molar-refractivity contribution in [3.8, 4) is 5.75 Å². The Morgan fingerprint density at radius 2 is 1.95 bits per heavy atom. The molecule has 0 unspecified atom stereocenters. The summed E-state index contributed by atoms with van der Waals surface area (Å²) in [6.45, 7) is 3.47. The third-order valence-electron chi connectivity index (χ3n) is 3.19. The molecule has 0 aromatic heterocycles. The third-order valence-corrected chi connectivity index (χ3v) is 3.46. The van der Waals surface area contributed by atoms with E-state index in [-0.39, 0.29) is 5.91 Å². The van der Waals surface area contributed by atoms with Crippen LogP contribution in [0.15, 0.2) is 24.3 Å². The van der Waals surface area contributed by atoms with Gasteiger partial charge in [0.05, 0.1) is 6.61 Å². The van der Waals surface area contributed by atoms with Crippen LogP contribution in [0.4, 0.5) is 0 Å². The summed E-state index contributed by atoms with van der Waals surface area (Å²) in [5.74, 6) is 1.58. The van der Waals surface area contributed by atoms with Crippen LogP contribution in [0, 0.1) is 0 Å². The zero-order chi connectivity index (χ0) is 14.8. The van der Waals surface area contributed by atoms with Gasteiger partial charge in [0.2, 0.25) is 5.91 Å². The molecule has 1 amide bonds. The highest BCUT2D eigenvalue weighted by Crippen LogP contribution is 2.12. The van der Waals surface area contributed by atoms with E-state index in [1.165, 1.54) is 5.56 Å². The van der Waals surface area contributed by atoms with Crippen molar-refractivity contribution in [2.75, 3.05) is 26.1 Å². The van der Waals surface area contributed by atoms with Crippen LogP contribution in [0.5, 0.6) is 5.75 Å². The molecule has 0 fully saturated rings. The Balaban J connectivity index is 2.18. The highest BCUT2D eigenvalue weighted by molar-refractivity contribution is 6.17. The number of halogens is 1. The summed E-state index contributed by atoms with van der Waals surface area (Å²) in [6.07, 6.45) is 3.14. The highest BCUT2D eigenvalue weighted by atomic mass is 35.5. The van der Waals surface area contributed by atoms with Crippen molar-refractivity contribution < 1.29 is 9.53 Å². The second-order valence-corrected chi connectivity index (χ2v) is 5.19. The van der Waals surface area contributed by atoms with Crippen molar-refractivity contribution in [1.29, 1.82) is 0 Å². The van der Waals surface area contributed by atoms with Crippen LogP contribution < -0.4 is 4.74 Å². The lowest BCUT2D eigenvalue weighted by atomic mass is 10.2. The number of hydrogen-bond donors (Lipinski definition) is 0. The molecule has 4 heteroatoms. The molecule has 112 valence electrons. The number of hydrogen-bond acceptors (Lipinski definition) is 2. The third kappa shape index (κ3) is 6.29. The fraction of sp³-hybridized carbons (Fsp3) is 0.562. The number of benzene rings is 1. The van der Waals surface area contributed by atoms with Crippen LogP contribution in [0.3, 0.4) is 0 Å². The zero-order valence-electron chi connectivity index (χ0n) is 12.4. The average Bonchev–Trinajstić information content (AvgIpc) is 2.49. The molecule has 20 heavy (non-hydrogen) atoms. The van der Waals surface area contributed by atoms with Crippen molar-refractivity contribution in [1.82, 2.24) is 4.90 Å². The fourth-order valence-corrected chi connectivity index (χ4v) is 1.98. The van der Waals surface area contributed by atoms with Gasteiger partial charge in [0.25, 0.3) is 0 Å². The number of amides is 1. The van der Waals surface area contributed by atoms with Crippen LogP contribution in [-0.4, -0.2) is 36.9 Å². The van der Waals surface area contributed by atoms with E-state index >= 15 is 0 Å². The molecular formula is C16H24ClNO2. The highest BCUT2D eigenvalue weighted by Gasteiger charge is 2.07. The van der Waals surface area contributed by atoms with Crippen LogP contribution in [0.25, 0.3) is 0 Å². The van der Waals surface area contributed by atoms with Gasteiger partial charge in [-0.25, -0.2) is 0 Å². The first-order chi connectivity index (χ1) is 9.67. The lowest BCUT2D eigenvalue weighted by molar-refractivity contribution is -0.130. The van der Waals surface area contributed by atoms with E-state index in [2.05, 4.69) is 19.1 Å². The van der Waals surface area contributed by atoms with Crippen molar-refractivity contribution in [2.45, 2.75) is 32.6 Å². The van der Waals surface area contributed by atoms with E-state index in [9.17, 15) is 4.79 Å². The zero-order valence-corrected chi connectivity index (χ0v) is 13.2. The molecule has 0 bridgehead atoms. The summed E-state index contributed by atoms with van der Waals surface area (Å²) in [7, 11) is 1.83. The predicted molar refractivity (Wildman–Crippen MR) is 83.5 cm³/mol. The predicted octanol–water partition coefficient (Wildman–Crippen LogP) is 3.50. The number of alkyl halides is 1. The summed E-state index contributed by atoms with van der Waals surface area (Å²) in [5.41, 5.74) is 1.31. The van der Waals surface area contributed by atoms with Gasteiger partial charge in [-0.2, -0.15) is 0 Å². The summed E-state index contributed by atoms with van der Waals surface area (Å²) in [4.78, 5) is 13.4. The van der Waals surface area contributed by atoms with Gasteiger partial charge in [-0.3, -0.25) is 4.79 Å². The number of carbonyl (C=O) groups is 1. The van der Waals surface area contributed by atoms with Crippen molar-refractivity contribution in [3.05, 3.63) is 29.8 Å². The lowest BCUT2D eigenvalue weighted by Crippen LogP contribution is -2.28. The Kier molecular flexibility index (Phi) is 8.12. The van der Waals surface area contributed by atoms with E-state index in [1.54, 1.807) is 4.90 Å². The van der Waals surface area contributed by atoms with Gasteiger partial charge in [-0.15, -0.1) is 11.6 Å². The quantitative estimate of drug-likeness (QED) is 0.516. The Morgan fingerprint density at radius 1 is 1.25 bits per heavy atom. The Morgan fingerprint density at radius 3 is 2.55 bits per heavy atom. The Labute approximate surface area is 126 Å². The molecule has 0 aliphatic rings. The van der Waals surface area contributed by atoms with Gasteiger partial charge in [-0.1, -0.05) is 19.1 Å². The first-order valence-corrected chi connectivity index (χ1v) is 7.72. The lowest BCUT2D eigenvalue weighted by Gasteiger charge is -2.17. The van der Waals surface area contributed by atoms with Gasteiger partial charge in [0.1, 0.15) is 5.75 Å². The molecule has 0 N–H and O–H groups in total. The van der Waals surface area contributed by atoms with Crippen LogP contribution in [-0.2, 0) is 11.2 Å². The fourth-order valence-electron chi connectivity index (χ4n) is 1.85. The standard InChI is InChI=1S/C16H24ClNO2/c1-3-14-7-9-15(10-8-14)20-13-5-12-18(2)16(19)6-4-11-17/h7-10H,3-6,11-13H2,1-2H3. The molecule has 1 aromatic carbocycles. The second-order valence-electron chi connectivity index (χ2n) is 4.81. The molecule has 0 aliphatic heterocycles. The van der Waals surface area contributed by atoms with Crippen LogP contribution in [0.2, 0.25) is 0 Å². The first-order valence-electron chi connectivity index (χ1n) is 7.19. The maximum absolute atomic E-state index is 11.7.